The molecule has 1 N–H and O–H groups in total. The van der Waals surface area contributed by atoms with Crippen LogP contribution in [-0.2, 0) is 11.3 Å². The van der Waals surface area contributed by atoms with Gasteiger partial charge in [-0.2, -0.15) is 9.78 Å². The highest BCUT2D eigenvalue weighted by atomic mass is 19.1. The maximum absolute atomic E-state index is 14.2. The van der Waals surface area contributed by atoms with Gasteiger partial charge in [-0.05, 0) is 31.5 Å². The lowest BCUT2D eigenvalue weighted by Gasteiger charge is -2.13. The van der Waals surface area contributed by atoms with Gasteiger partial charge in [0.2, 0.25) is 5.69 Å². The minimum absolute atomic E-state index is 0.148. The first-order chi connectivity index (χ1) is 14.9. The maximum Gasteiger partial charge on any atom is 0.352 e. The molecule has 162 valence electrons. The molecule has 0 fully saturated rings. The highest BCUT2D eigenvalue weighted by Crippen LogP contribution is 2.08. The molecule has 0 radical (unpaired) electrons. The van der Waals surface area contributed by atoms with E-state index in [-0.39, 0.29) is 18.7 Å². The van der Waals surface area contributed by atoms with E-state index in [4.69, 9.17) is 4.74 Å². The Morgan fingerprint density at radius 1 is 1.13 bits per heavy atom. The summed E-state index contributed by atoms with van der Waals surface area (Å²) < 4.78 is 20.9. The Kier molecular flexibility index (Phi) is 7.09. The van der Waals surface area contributed by atoms with E-state index >= 15 is 0 Å². The molecular weight excluding hydrogens is 403 g/mol. The summed E-state index contributed by atoms with van der Waals surface area (Å²) in [7, 11) is 1.54. The number of rotatable bonds is 8. The quantitative estimate of drug-likeness (QED) is 0.553. The Bertz CT molecular complexity index is 1190. The van der Waals surface area contributed by atoms with Crippen LogP contribution in [0.15, 0.2) is 58.1 Å². The van der Waals surface area contributed by atoms with Crippen molar-refractivity contribution in [1.82, 2.24) is 19.7 Å². The fourth-order valence-electron chi connectivity index (χ4n) is 2.95. The van der Waals surface area contributed by atoms with Gasteiger partial charge in [-0.15, -0.1) is 0 Å². The van der Waals surface area contributed by atoms with Crippen molar-refractivity contribution in [2.24, 2.45) is 0 Å². The number of amides is 1. The van der Waals surface area contributed by atoms with E-state index in [0.29, 0.717) is 18.7 Å². The van der Waals surface area contributed by atoms with Crippen molar-refractivity contribution in [2.75, 3.05) is 20.3 Å². The van der Waals surface area contributed by atoms with Crippen LogP contribution < -0.4 is 16.6 Å². The second-order valence-corrected chi connectivity index (χ2v) is 6.96. The van der Waals surface area contributed by atoms with Crippen LogP contribution in [0.5, 0.6) is 0 Å². The number of aryl methyl sites for hydroxylation is 1. The Labute approximate surface area is 177 Å². The number of halogens is 1. The van der Waals surface area contributed by atoms with Crippen LogP contribution in [0.4, 0.5) is 4.39 Å². The molecule has 0 spiro atoms. The molecular formula is C22H23FN4O4. The van der Waals surface area contributed by atoms with E-state index in [1.807, 2.05) is 6.92 Å². The fraction of sp³-hybridized carbons (Fsp3) is 0.273. The first-order valence-electron chi connectivity index (χ1n) is 9.74. The summed E-state index contributed by atoms with van der Waals surface area (Å²) in [5.74, 6) is -1.28. The monoisotopic (exact) mass is 426 g/mol. The topological polar surface area (TPSA) is 95.2 Å². The summed E-state index contributed by atoms with van der Waals surface area (Å²) in [6.07, 6.45) is 0.545. The van der Waals surface area contributed by atoms with Gasteiger partial charge in [-0.1, -0.05) is 35.9 Å². The van der Waals surface area contributed by atoms with Crippen molar-refractivity contribution >= 4 is 5.91 Å². The van der Waals surface area contributed by atoms with Gasteiger partial charge in [-0.25, -0.2) is 9.18 Å². The Hall–Kier alpha value is -3.59. The Morgan fingerprint density at radius 2 is 1.84 bits per heavy atom. The van der Waals surface area contributed by atoms with Crippen LogP contribution in [0.2, 0.25) is 0 Å². The van der Waals surface area contributed by atoms with E-state index < -0.39 is 28.7 Å². The van der Waals surface area contributed by atoms with Crippen LogP contribution in [0.1, 0.15) is 28.0 Å². The number of aromatic nitrogens is 3. The lowest BCUT2D eigenvalue weighted by atomic mass is 10.2. The van der Waals surface area contributed by atoms with Gasteiger partial charge in [0.1, 0.15) is 5.82 Å². The van der Waals surface area contributed by atoms with Crippen molar-refractivity contribution < 1.29 is 13.9 Å². The summed E-state index contributed by atoms with van der Waals surface area (Å²) >= 11 is 0. The maximum atomic E-state index is 14.2. The molecule has 3 rings (SSSR count). The zero-order valence-electron chi connectivity index (χ0n) is 17.3. The molecule has 0 aliphatic rings. The molecule has 0 aliphatic heterocycles. The predicted octanol–water partition coefficient (Wildman–Crippen LogP) is 1.66. The Balaban J connectivity index is 2.10. The van der Waals surface area contributed by atoms with Crippen molar-refractivity contribution in [2.45, 2.75) is 19.9 Å². The number of hydrogen-bond donors (Lipinski definition) is 1. The molecule has 0 aliphatic carbocycles. The number of ether oxygens (including phenoxy) is 1. The molecule has 1 amide bonds. The van der Waals surface area contributed by atoms with Crippen LogP contribution in [0.25, 0.3) is 5.69 Å². The first-order valence-corrected chi connectivity index (χ1v) is 9.74. The molecule has 0 saturated heterocycles. The lowest BCUT2D eigenvalue weighted by molar-refractivity contribution is 0.0938. The SMILES string of the molecule is COCCCNC(=O)c1nn(-c2ccc(C)cc2)c(=O)n(Cc2ccccc2F)c1=O. The number of carbonyl (C=O) groups is 1. The van der Waals surface area contributed by atoms with E-state index in [0.717, 1.165) is 14.8 Å². The largest absolute Gasteiger partial charge is 0.385 e. The minimum Gasteiger partial charge on any atom is -0.385 e. The van der Waals surface area contributed by atoms with E-state index in [1.165, 1.54) is 18.2 Å². The number of benzene rings is 2. The fourth-order valence-corrected chi connectivity index (χ4v) is 2.95. The standard InChI is InChI=1S/C22H23FN4O4/c1-15-8-10-17(11-9-15)27-22(30)26(14-16-6-3-4-7-18(16)23)21(29)19(25-27)20(28)24-12-5-13-31-2/h3-4,6-11H,5,12-14H2,1-2H3,(H,24,28). The second-order valence-electron chi connectivity index (χ2n) is 6.96. The number of carbonyl (C=O) groups excluding carboxylic acids is 1. The van der Waals surface area contributed by atoms with E-state index in [2.05, 4.69) is 10.4 Å². The molecule has 0 unspecified atom stereocenters. The molecule has 0 saturated carbocycles. The summed E-state index contributed by atoms with van der Waals surface area (Å²) in [5.41, 5.74) is -0.614. The van der Waals surface area contributed by atoms with Crippen molar-refractivity contribution in [3.63, 3.8) is 0 Å². The van der Waals surface area contributed by atoms with Gasteiger partial charge in [-0.3, -0.25) is 14.2 Å². The molecule has 1 aromatic heterocycles. The normalized spacial score (nSPS) is 10.8. The summed E-state index contributed by atoms with van der Waals surface area (Å²) in [4.78, 5) is 38.6. The average molecular weight is 426 g/mol. The molecule has 0 bridgehead atoms. The number of nitrogens with one attached hydrogen (secondary N) is 1. The smallest absolute Gasteiger partial charge is 0.352 e. The van der Waals surface area contributed by atoms with Crippen LogP contribution in [-0.4, -0.2) is 40.5 Å². The van der Waals surface area contributed by atoms with Gasteiger partial charge >= 0.3 is 5.69 Å². The van der Waals surface area contributed by atoms with Gasteiger partial charge in [0.15, 0.2) is 0 Å². The van der Waals surface area contributed by atoms with E-state index in [9.17, 15) is 18.8 Å². The second kappa shape index (κ2) is 9.94. The molecule has 1 heterocycles. The number of hydrogen-bond acceptors (Lipinski definition) is 5. The van der Waals surface area contributed by atoms with Crippen molar-refractivity contribution in [3.8, 4) is 5.69 Å². The van der Waals surface area contributed by atoms with Gasteiger partial charge in [0.25, 0.3) is 11.5 Å². The number of methoxy groups -OCH3 is 1. The Morgan fingerprint density at radius 3 is 2.52 bits per heavy atom. The molecule has 9 heteroatoms. The third-order valence-corrected chi connectivity index (χ3v) is 4.65. The zero-order chi connectivity index (χ0) is 22.4. The van der Waals surface area contributed by atoms with Gasteiger partial charge in [0, 0.05) is 25.8 Å². The molecule has 2 aromatic carbocycles. The molecule has 31 heavy (non-hydrogen) atoms. The zero-order valence-corrected chi connectivity index (χ0v) is 17.3. The molecule has 3 aromatic rings. The highest BCUT2D eigenvalue weighted by molar-refractivity contribution is 5.91. The van der Waals surface area contributed by atoms with Crippen molar-refractivity contribution in [3.05, 3.63) is 92.0 Å². The lowest BCUT2D eigenvalue weighted by Crippen LogP contribution is -2.46. The van der Waals surface area contributed by atoms with Gasteiger partial charge < -0.3 is 10.1 Å². The van der Waals surface area contributed by atoms with Crippen LogP contribution in [0.3, 0.4) is 0 Å². The van der Waals surface area contributed by atoms with Crippen LogP contribution >= 0.6 is 0 Å². The molecule has 0 atom stereocenters. The number of nitrogens with zero attached hydrogens (tertiary/aromatic N) is 3. The average Bonchev–Trinajstić information content (AvgIpc) is 2.76. The third-order valence-electron chi connectivity index (χ3n) is 4.65. The minimum atomic E-state index is -0.888. The van der Waals surface area contributed by atoms with Crippen molar-refractivity contribution in [1.29, 1.82) is 0 Å². The molecule has 8 nitrogen and oxygen atoms in total. The van der Waals surface area contributed by atoms with Gasteiger partial charge in [0.05, 0.1) is 12.2 Å². The summed E-state index contributed by atoms with van der Waals surface area (Å²) in [5, 5.41) is 6.63. The van der Waals surface area contributed by atoms with Crippen LogP contribution in [0, 0.1) is 12.7 Å². The van der Waals surface area contributed by atoms with E-state index in [1.54, 1.807) is 37.4 Å². The first kappa shape index (κ1) is 22.1. The summed E-state index contributed by atoms with van der Waals surface area (Å²) in [6, 6.07) is 12.7. The highest BCUT2D eigenvalue weighted by Gasteiger charge is 2.21. The summed E-state index contributed by atoms with van der Waals surface area (Å²) in [6.45, 7) is 2.26. The third kappa shape index (κ3) is 5.13. The predicted molar refractivity (Wildman–Crippen MR) is 113 cm³/mol.